The lowest BCUT2D eigenvalue weighted by molar-refractivity contribution is 0.532. The van der Waals surface area contributed by atoms with Gasteiger partial charge in [-0.1, -0.05) is 60.7 Å². The number of hydrogen-bond donors (Lipinski definition) is 0. The smallest absolute Gasteiger partial charge is 0.0898 e. The second-order valence-corrected chi connectivity index (χ2v) is 4.86. The van der Waals surface area contributed by atoms with Gasteiger partial charge in [0.25, 0.3) is 0 Å². The summed E-state index contributed by atoms with van der Waals surface area (Å²) in [7, 11) is 0. The van der Waals surface area contributed by atoms with Crippen molar-refractivity contribution in [1.82, 2.24) is 9.78 Å². The van der Waals surface area contributed by atoms with Gasteiger partial charge in [0.05, 0.1) is 24.7 Å². The third kappa shape index (κ3) is 2.85. The van der Waals surface area contributed by atoms with E-state index in [9.17, 15) is 0 Å². The Morgan fingerprint density at radius 2 is 1.62 bits per heavy atom. The highest BCUT2D eigenvalue weighted by atomic mass is 15.3. The van der Waals surface area contributed by atoms with Crippen molar-refractivity contribution < 1.29 is 0 Å². The Hall–Kier alpha value is -2.86. The first-order valence-corrected chi connectivity index (χ1v) is 6.90. The molecule has 2 aromatic carbocycles. The number of nitriles is 1. The number of benzene rings is 2. The first kappa shape index (κ1) is 13.1. The Bertz CT molecular complexity index is 739. The van der Waals surface area contributed by atoms with Crippen molar-refractivity contribution in [3.8, 4) is 17.2 Å². The van der Waals surface area contributed by atoms with E-state index >= 15 is 0 Å². The van der Waals surface area contributed by atoms with Gasteiger partial charge < -0.3 is 0 Å². The lowest BCUT2D eigenvalue weighted by atomic mass is 10.0. The first-order valence-electron chi connectivity index (χ1n) is 6.90. The molecule has 1 aromatic heterocycles. The number of nitrogens with zero attached hydrogens (tertiary/aromatic N) is 3. The van der Waals surface area contributed by atoms with Crippen LogP contribution < -0.4 is 0 Å². The quantitative estimate of drug-likeness (QED) is 0.719. The minimum atomic E-state index is -0.0475. The van der Waals surface area contributed by atoms with E-state index in [1.165, 1.54) is 0 Å². The fraction of sp³-hybridized carbons (Fsp3) is 0.111. The molecule has 3 heteroatoms. The van der Waals surface area contributed by atoms with Gasteiger partial charge in [-0.05, 0) is 11.1 Å². The minimum Gasteiger partial charge on any atom is -0.264 e. The molecule has 0 spiro atoms. The average molecular weight is 273 g/mol. The van der Waals surface area contributed by atoms with Gasteiger partial charge in [0.1, 0.15) is 0 Å². The summed E-state index contributed by atoms with van der Waals surface area (Å²) in [6.07, 6.45) is 4.26. The van der Waals surface area contributed by atoms with Crippen LogP contribution in [0.4, 0.5) is 0 Å². The van der Waals surface area contributed by atoms with E-state index < -0.39 is 0 Å². The summed E-state index contributed by atoms with van der Waals surface area (Å²) in [6.45, 7) is 0. The van der Waals surface area contributed by atoms with Crippen LogP contribution in [0, 0.1) is 11.3 Å². The maximum Gasteiger partial charge on any atom is 0.0898 e. The van der Waals surface area contributed by atoms with Gasteiger partial charge in [0.15, 0.2) is 0 Å². The zero-order valence-corrected chi connectivity index (χ0v) is 11.6. The summed E-state index contributed by atoms with van der Waals surface area (Å²) in [6, 6.07) is 22.4. The highest BCUT2D eigenvalue weighted by Crippen LogP contribution is 2.24. The zero-order valence-electron chi connectivity index (χ0n) is 11.6. The fourth-order valence-electron chi connectivity index (χ4n) is 2.41. The lowest BCUT2D eigenvalue weighted by Gasteiger charge is -2.14. The molecule has 102 valence electrons. The number of aromatic nitrogens is 2. The fourth-order valence-corrected chi connectivity index (χ4v) is 2.41. The van der Waals surface area contributed by atoms with Crippen molar-refractivity contribution in [3.05, 3.63) is 78.6 Å². The summed E-state index contributed by atoms with van der Waals surface area (Å²) in [5.41, 5.74) is 3.30. The summed E-state index contributed by atoms with van der Waals surface area (Å²) >= 11 is 0. The van der Waals surface area contributed by atoms with Gasteiger partial charge in [-0.2, -0.15) is 10.4 Å². The zero-order chi connectivity index (χ0) is 14.5. The molecule has 1 heterocycles. The number of hydrogen-bond acceptors (Lipinski definition) is 2. The van der Waals surface area contributed by atoms with E-state index in [-0.39, 0.29) is 6.04 Å². The Labute approximate surface area is 124 Å². The van der Waals surface area contributed by atoms with Crippen molar-refractivity contribution in [2.75, 3.05) is 0 Å². The molecule has 0 fully saturated rings. The van der Waals surface area contributed by atoms with Crippen molar-refractivity contribution in [2.24, 2.45) is 0 Å². The second-order valence-electron chi connectivity index (χ2n) is 4.86. The molecule has 1 unspecified atom stereocenters. The Morgan fingerprint density at radius 1 is 0.952 bits per heavy atom. The van der Waals surface area contributed by atoms with Crippen molar-refractivity contribution >= 4 is 0 Å². The van der Waals surface area contributed by atoms with Crippen molar-refractivity contribution in [3.63, 3.8) is 0 Å². The van der Waals surface area contributed by atoms with Crippen LogP contribution in [0.5, 0.6) is 0 Å². The minimum absolute atomic E-state index is 0.0475. The Kier molecular flexibility index (Phi) is 3.79. The highest BCUT2D eigenvalue weighted by molar-refractivity contribution is 5.61. The maximum absolute atomic E-state index is 9.09. The molecule has 0 aliphatic rings. The summed E-state index contributed by atoms with van der Waals surface area (Å²) in [5.74, 6) is 0. The largest absolute Gasteiger partial charge is 0.264 e. The molecule has 3 aromatic rings. The third-order valence-electron chi connectivity index (χ3n) is 3.50. The normalized spacial score (nSPS) is 11.8. The predicted molar refractivity (Wildman–Crippen MR) is 82.5 cm³/mol. The van der Waals surface area contributed by atoms with E-state index in [2.05, 4.69) is 23.3 Å². The van der Waals surface area contributed by atoms with Crippen molar-refractivity contribution in [1.29, 1.82) is 5.26 Å². The molecule has 0 aliphatic carbocycles. The Morgan fingerprint density at radius 3 is 2.29 bits per heavy atom. The van der Waals surface area contributed by atoms with E-state index in [0.29, 0.717) is 6.42 Å². The number of rotatable bonds is 4. The summed E-state index contributed by atoms with van der Waals surface area (Å²) < 4.78 is 1.88. The van der Waals surface area contributed by atoms with Crippen LogP contribution in [-0.4, -0.2) is 9.78 Å². The second kappa shape index (κ2) is 6.06. The van der Waals surface area contributed by atoms with Gasteiger partial charge in [0, 0.05) is 11.8 Å². The van der Waals surface area contributed by atoms with Crippen LogP contribution in [-0.2, 0) is 0 Å². The predicted octanol–water partition coefficient (Wildman–Crippen LogP) is 4.05. The van der Waals surface area contributed by atoms with Gasteiger partial charge >= 0.3 is 0 Å². The topological polar surface area (TPSA) is 41.6 Å². The molecule has 0 amide bonds. The standard InChI is InChI=1S/C18H15N3/c19-12-11-18(16-9-5-2-6-10-16)21-14-17(13-20-21)15-7-3-1-4-8-15/h1-10,13-14,18H,11H2. The van der Waals surface area contributed by atoms with Gasteiger partial charge in [0.2, 0.25) is 0 Å². The monoisotopic (exact) mass is 273 g/mol. The SMILES string of the molecule is N#CCC(c1ccccc1)n1cc(-c2ccccc2)cn1. The lowest BCUT2D eigenvalue weighted by Crippen LogP contribution is -2.10. The molecule has 3 rings (SSSR count). The molecule has 3 nitrogen and oxygen atoms in total. The van der Waals surface area contributed by atoms with Gasteiger partial charge in [-0.25, -0.2) is 0 Å². The molecule has 1 atom stereocenters. The summed E-state index contributed by atoms with van der Waals surface area (Å²) in [4.78, 5) is 0. The van der Waals surface area contributed by atoms with Crippen LogP contribution in [0.15, 0.2) is 73.1 Å². The first-order chi connectivity index (χ1) is 10.4. The van der Waals surface area contributed by atoms with E-state index in [0.717, 1.165) is 16.7 Å². The molecule has 0 bridgehead atoms. The van der Waals surface area contributed by atoms with E-state index in [1.807, 2.05) is 65.6 Å². The third-order valence-corrected chi connectivity index (χ3v) is 3.50. The highest BCUT2D eigenvalue weighted by Gasteiger charge is 2.14. The average Bonchev–Trinajstić information content (AvgIpc) is 3.04. The molecule has 0 saturated heterocycles. The van der Waals surface area contributed by atoms with Crippen LogP contribution in [0.3, 0.4) is 0 Å². The molecular formula is C18H15N3. The van der Waals surface area contributed by atoms with Crippen LogP contribution >= 0.6 is 0 Å². The van der Waals surface area contributed by atoms with Crippen LogP contribution in [0.1, 0.15) is 18.0 Å². The maximum atomic E-state index is 9.09. The van der Waals surface area contributed by atoms with E-state index in [4.69, 9.17) is 5.26 Å². The molecule has 21 heavy (non-hydrogen) atoms. The van der Waals surface area contributed by atoms with Crippen molar-refractivity contribution in [2.45, 2.75) is 12.5 Å². The van der Waals surface area contributed by atoms with E-state index in [1.54, 1.807) is 0 Å². The molecule has 0 aliphatic heterocycles. The van der Waals surface area contributed by atoms with Gasteiger partial charge in [-0.3, -0.25) is 4.68 Å². The molecule has 0 N–H and O–H groups in total. The molecule has 0 radical (unpaired) electrons. The molecule has 0 saturated carbocycles. The molecular weight excluding hydrogens is 258 g/mol. The van der Waals surface area contributed by atoms with Crippen LogP contribution in [0.2, 0.25) is 0 Å². The van der Waals surface area contributed by atoms with Crippen LogP contribution in [0.25, 0.3) is 11.1 Å². The Balaban J connectivity index is 1.95. The van der Waals surface area contributed by atoms with Gasteiger partial charge in [-0.15, -0.1) is 0 Å². The summed E-state index contributed by atoms with van der Waals surface area (Å²) in [5, 5.41) is 13.5.